The van der Waals surface area contributed by atoms with Crippen LogP contribution < -0.4 is 10.0 Å². The number of anilines is 1. The molecule has 2 heterocycles. The van der Waals surface area contributed by atoms with E-state index in [2.05, 4.69) is 10.0 Å². The molecule has 1 aliphatic rings. The summed E-state index contributed by atoms with van der Waals surface area (Å²) in [4.78, 5) is 14.4. The van der Waals surface area contributed by atoms with Crippen LogP contribution in [0.25, 0.3) is 0 Å². The molecular weight excluding hydrogens is 389 g/mol. The van der Waals surface area contributed by atoms with Crippen molar-refractivity contribution in [2.45, 2.75) is 36.1 Å². The Morgan fingerprint density at radius 2 is 1.93 bits per heavy atom. The largest absolute Gasteiger partial charge is 0.322 e. The first kappa shape index (κ1) is 19.9. The maximum absolute atomic E-state index is 13.7. The van der Waals surface area contributed by atoms with Gasteiger partial charge in [0.1, 0.15) is 10.0 Å². The number of rotatable bonds is 6. The Morgan fingerprint density at radius 1 is 1.22 bits per heavy atom. The van der Waals surface area contributed by atoms with Crippen molar-refractivity contribution in [1.82, 2.24) is 9.62 Å². The molecule has 0 unspecified atom stereocenters. The van der Waals surface area contributed by atoms with Crippen molar-refractivity contribution in [3.05, 3.63) is 47.6 Å². The fourth-order valence-corrected chi connectivity index (χ4v) is 5.38. The van der Waals surface area contributed by atoms with Gasteiger partial charge in [0, 0.05) is 19.1 Å². The zero-order valence-electron chi connectivity index (χ0n) is 14.9. The lowest BCUT2D eigenvalue weighted by atomic mass is 10.0. The molecule has 0 spiro atoms. The zero-order chi connectivity index (χ0) is 19.4. The molecule has 1 fully saturated rings. The molecule has 1 saturated heterocycles. The van der Waals surface area contributed by atoms with Gasteiger partial charge in [-0.1, -0.05) is 18.2 Å². The summed E-state index contributed by atoms with van der Waals surface area (Å²) >= 11 is 1.19. The number of hydrogen-bond donors (Lipinski definition) is 2. The van der Waals surface area contributed by atoms with Crippen LogP contribution in [0.3, 0.4) is 0 Å². The summed E-state index contributed by atoms with van der Waals surface area (Å²) in [6.45, 7) is 2.94. The monoisotopic (exact) mass is 411 g/mol. The van der Waals surface area contributed by atoms with Crippen molar-refractivity contribution in [3.8, 4) is 0 Å². The van der Waals surface area contributed by atoms with Gasteiger partial charge in [-0.2, -0.15) is 0 Å². The SMILES string of the molecule is C[C@@H](C(=O)Nc1ccccc1F)N1CCC(NS(=O)(=O)c2cccs2)CC1. The Bertz CT molecular complexity index is 879. The van der Waals surface area contributed by atoms with Gasteiger partial charge in [-0.05, 0) is 43.3 Å². The molecule has 6 nitrogen and oxygen atoms in total. The highest BCUT2D eigenvalue weighted by atomic mass is 32.2. The molecule has 1 amide bonds. The van der Waals surface area contributed by atoms with Crippen LogP contribution in [0.2, 0.25) is 0 Å². The minimum atomic E-state index is -3.49. The minimum absolute atomic E-state index is 0.157. The van der Waals surface area contributed by atoms with E-state index in [4.69, 9.17) is 0 Å². The number of halogens is 1. The molecule has 9 heteroatoms. The predicted octanol–water partition coefficient (Wildman–Crippen LogP) is 2.66. The Hall–Kier alpha value is -1.81. The van der Waals surface area contributed by atoms with Crippen molar-refractivity contribution in [1.29, 1.82) is 0 Å². The number of benzene rings is 1. The summed E-state index contributed by atoms with van der Waals surface area (Å²) in [5.41, 5.74) is 0.160. The van der Waals surface area contributed by atoms with Crippen LogP contribution >= 0.6 is 11.3 Å². The second-order valence-corrected chi connectivity index (χ2v) is 9.40. The Balaban J connectivity index is 1.52. The minimum Gasteiger partial charge on any atom is -0.322 e. The number of nitrogens with one attached hydrogen (secondary N) is 2. The fraction of sp³-hybridized carbons (Fsp3) is 0.389. The third-order valence-corrected chi connectivity index (χ3v) is 7.59. The maximum Gasteiger partial charge on any atom is 0.250 e. The van der Waals surface area contributed by atoms with Crippen LogP contribution in [-0.4, -0.2) is 44.4 Å². The second-order valence-electron chi connectivity index (χ2n) is 6.51. The first-order chi connectivity index (χ1) is 12.9. The average Bonchev–Trinajstić information content (AvgIpc) is 3.19. The number of amides is 1. The van der Waals surface area contributed by atoms with E-state index in [0.717, 1.165) is 0 Å². The summed E-state index contributed by atoms with van der Waals surface area (Å²) in [6.07, 6.45) is 1.23. The van der Waals surface area contributed by atoms with Gasteiger partial charge in [-0.25, -0.2) is 17.5 Å². The Kier molecular flexibility index (Phi) is 6.25. The van der Waals surface area contributed by atoms with E-state index in [1.54, 1.807) is 36.6 Å². The quantitative estimate of drug-likeness (QED) is 0.766. The van der Waals surface area contributed by atoms with Gasteiger partial charge in [0.25, 0.3) is 0 Å². The van der Waals surface area contributed by atoms with Gasteiger partial charge in [-0.15, -0.1) is 11.3 Å². The number of nitrogens with zero attached hydrogens (tertiary/aromatic N) is 1. The van der Waals surface area contributed by atoms with E-state index in [-0.39, 0.29) is 17.6 Å². The molecule has 0 aliphatic carbocycles. The summed E-state index contributed by atoms with van der Waals surface area (Å²) in [5, 5.41) is 4.34. The topological polar surface area (TPSA) is 78.5 Å². The van der Waals surface area contributed by atoms with Crippen molar-refractivity contribution >= 4 is 33.0 Å². The summed E-state index contributed by atoms with van der Waals surface area (Å²) in [7, 11) is -3.49. The fourth-order valence-electron chi connectivity index (χ4n) is 3.06. The lowest BCUT2D eigenvalue weighted by Gasteiger charge is -2.35. The second kappa shape index (κ2) is 8.47. The lowest BCUT2D eigenvalue weighted by Crippen LogP contribution is -2.50. The van der Waals surface area contributed by atoms with E-state index in [9.17, 15) is 17.6 Å². The molecule has 27 heavy (non-hydrogen) atoms. The van der Waals surface area contributed by atoms with Gasteiger partial charge < -0.3 is 5.32 Å². The van der Waals surface area contributed by atoms with Crippen LogP contribution in [0.4, 0.5) is 10.1 Å². The number of piperidine rings is 1. The van der Waals surface area contributed by atoms with E-state index >= 15 is 0 Å². The van der Waals surface area contributed by atoms with Gasteiger partial charge >= 0.3 is 0 Å². The average molecular weight is 412 g/mol. The van der Waals surface area contributed by atoms with Crippen LogP contribution in [0.15, 0.2) is 46.0 Å². The molecule has 1 aromatic carbocycles. The third kappa shape index (κ3) is 4.92. The first-order valence-corrected chi connectivity index (χ1v) is 11.1. The van der Waals surface area contributed by atoms with Gasteiger partial charge in [0.15, 0.2) is 0 Å². The maximum atomic E-state index is 13.7. The Morgan fingerprint density at radius 3 is 2.56 bits per heavy atom. The van der Waals surface area contributed by atoms with Crippen molar-refractivity contribution < 1.29 is 17.6 Å². The highest BCUT2D eigenvalue weighted by molar-refractivity contribution is 7.91. The van der Waals surface area contributed by atoms with Crippen molar-refractivity contribution in [3.63, 3.8) is 0 Å². The molecule has 1 aliphatic heterocycles. The Labute approximate surface area is 162 Å². The number of likely N-dealkylation sites (tertiary alicyclic amines) is 1. The molecule has 146 valence electrons. The lowest BCUT2D eigenvalue weighted by molar-refractivity contribution is -0.121. The molecule has 0 saturated carbocycles. The van der Waals surface area contributed by atoms with E-state index in [0.29, 0.717) is 30.1 Å². The van der Waals surface area contributed by atoms with Gasteiger partial charge in [0.2, 0.25) is 15.9 Å². The highest BCUT2D eigenvalue weighted by Gasteiger charge is 2.29. The smallest absolute Gasteiger partial charge is 0.250 e. The number of carbonyl (C=O) groups is 1. The number of hydrogen-bond acceptors (Lipinski definition) is 5. The molecule has 3 rings (SSSR count). The highest BCUT2D eigenvalue weighted by Crippen LogP contribution is 2.20. The predicted molar refractivity (Wildman–Crippen MR) is 104 cm³/mol. The number of para-hydroxylation sites is 1. The third-order valence-electron chi connectivity index (χ3n) is 4.67. The molecule has 2 aromatic rings. The zero-order valence-corrected chi connectivity index (χ0v) is 16.5. The molecule has 0 radical (unpaired) electrons. The van der Waals surface area contributed by atoms with Crippen LogP contribution in [0.5, 0.6) is 0 Å². The van der Waals surface area contributed by atoms with Crippen molar-refractivity contribution in [2.24, 2.45) is 0 Å². The van der Waals surface area contributed by atoms with Crippen LogP contribution in [0.1, 0.15) is 19.8 Å². The molecular formula is C18H22FN3O3S2. The molecule has 1 aromatic heterocycles. The molecule has 2 N–H and O–H groups in total. The molecule has 0 bridgehead atoms. The normalized spacial score (nSPS) is 17.6. The van der Waals surface area contributed by atoms with E-state index < -0.39 is 21.9 Å². The van der Waals surface area contributed by atoms with Crippen LogP contribution in [-0.2, 0) is 14.8 Å². The van der Waals surface area contributed by atoms with E-state index in [1.165, 1.54) is 23.5 Å². The number of sulfonamides is 1. The number of thiophene rings is 1. The first-order valence-electron chi connectivity index (χ1n) is 8.72. The van der Waals surface area contributed by atoms with Gasteiger partial charge in [0.05, 0.1) is 11.7 Å². The molecule has 1 atom stereocenters. The summed E-state index contributed by atoms with van der Waals surface area (Å²) < 4.78 is 41.3. The summed E-state index contributed by atoms with van der Waals surface area (Å²) in [6, 6.07) is 8.74. The van der Waals surface area contributed by atoms with Crippen LogP contribution in [0, 0.1) is 5.82 Å². The van der Waals surface area contributed by atoms with E-state index in [1.807, 2.05) is 4.90 Å². The standard InChI is InChI=1S/C18H22FN3O3S2/c1-13(18(23)20-16-6-3-2-5-15(16)19)22-10-8-14(9-11-22)21-27(24,25)17-7-4-12-26-17/h2-7,12-14,21H,8-11H2,1H3,(H,20,23)/t13-/m0/s1. The van der Waals surface area contributed by atoms with Gasteiger partial charge in [-0.3, -0.25) is 9.69 Å². The van der Waals surface area contributed by atoms with Crippen molar-refractivity contribution in [2.75, 3.05) is 18.4 Å². The number of carbonyl (C=O) groups excluding carboxylic acids is 1. The summed E-state index contributed by atoms with van der Waals surface area (Å²) in [5.74, 6) is -0.752.